The third-order valence-electron chi connectivity index (χ3n) is 3.10. The third-order valence-corrected chi connectivity index (χ3v) is 3.66. The van der Waals surface area contributed by atoms with Crippen molar-refractivity contribution in [1.82, 2.24) is 0 Å². The lowest BCUT2D eigenvalue weighted by atomic mass is 10.2. The van der Waals surface area contributed by atoms with Gasteiger partial charge in [0.05, 0.1) is 15.6 Å². The number of nitrogens with zero attached hydrogens (tertiary/aromatic N) is 2. The van der Waals surface area contributed by atoms with Crippen molar-refractivity contribution in [3.05, 3.63) is 62.1 Å². The third kappa shape index (κ3) is 3.91. The molecule has 0 unspecified atom stereocenters. The first kappa shape index (κ1) is 17.1. The van der Waals surface area contributed by atoms with Gasteiger partial charge in [-0.3, -0.25) is 14.9 Å². The zero-order valence-corrected chi connectivity index (χ0v) is 13.9. The second-order valence-corrected chi connectivity index (χ2v) is 5.78. The van der Waals surface area contributed by atoms with Crippen LogP contribution in [-0.2, 0) is 0 Å². The lowest BCUT2D eigenvalue weighted by Gasteiger charge is -2.15. The highest BCUT2D eigenvalue weighted by atomic mass is 35.5. The number of amides is 1. The largest absolute Gasteiger partial charge is 0.372 e. The number of hydrogen-bond acceptors (Lipinski definition) is 4. The average molecular weight is 354 g/mol. The molecule has 2 aromatic rings. The molecule has 2 aromatic carbocycles. The fraction of sp³-hybridized carbons (Fsp3) is 0.133. The number of anilines is 2. The van der Waals surface area contributed by atoms with Crippen molar-refractivity contribution in [2.24, 2.45) is 0 Å². The predicted molar refractivity (Wildman–Crippen MR) is 91.8 cm³/mol. The highest BCUT2D eigenvalue weighted by Crippen LogP contribution is 2.36. The summed E-state index contributed by atoms with van der Waals surface area (Å²) < 4.78 is 0. The molecule has 120 valence electrons. The smallest absolute Gasteiger partial charge is 0.294 e. The first-order valence-corrected chi connectivity index (χ1v) is 7.27. The van der Waals surface area contributed by atoms with Crippen molar-refractivity contribution in [2.75, 3.05) is 24.3 Å². The van der Waals surface area contributed by atoms with Crippen LogP contribution in [0.2, 0.25) is 10.0 Å². The molecule has 0 radical (unpaired) electrons. The van der Waals surface area contributed by atoms with Crippen molar-refractivity contribution in [2.45, 2.75) is 0 Å². The van der Waals surface area contributed by atoms with Crippen molar-refractivity contribution in [3.8, 4) is 0 Å². The number of hydrogen-bond donors (Lipinski definition) is 1. The van der Waals surface area contributed by atoms with Gasteiger partial charge in [0.1, 0.15) is 5.69 Å². The Kier molecular flexibility index (Phi) is 5.08. The van der Waals surface area contributed by atoms with E-state index in [2.05, 4.69) is 5.32 Å². The molecule has 0 fully saturated rings. The van der Waals surface area contributed by atoms with Gasteiger partial charge >= 0.3 is 0 Å². The van der Waals surface area contributed by atoms with E-state index in [9.17, 15) is 14.9 Å². The van der Waals surface area contributed by atoms with Gasteiger partial charge in [-0.05, 0) is 30.3 Å². The van der Waals surface area contributed by atoms with Crippen LogP contribution in [0.5, 0.6) is 0 Å². The fourth-order valence-electron chi connectivity index (χ4n) is 1.95. The van der Waals surface area contributed by atoms with Crippen LogP contribution in [0.25, 0.3) is 0 Å². The Morgan fingerprint density at radius 3 is 2.30 bits per heavy atom. The molecule has 0 heterocycles. The normalized spacial score (nSPS) is 10.3. The first-order valence-electron chi connectivity index (χ1n) is 6.51. The van der Waals surface area contributed by atoms with E-state index < -0.39 is 4.92 Å². The summed E-state index contributed by atoms with van der Waals surface area (Å²) in [5.41, 5.74) is 0.895. The molecular formula is C15H13Cl2N3O3. The summed E-state index contributed by atoms with van der Waals surface area (Å²) in [6.45, 7) is 0. The van der Waals surface area contributed by atoms with Gasteiger partial charge in [0.25, 0.3) is 11.6 Å². The van der Waals surface area contributed by atoms with Crippen molar-refractivity contribution in [1.29, 1.82) is 0 Å². The van der Waals surface area contributed by atoms with E-state index in [1.807, 2.05) is 0 Å². The minimum Gasteiger partial charge on any atom is -0.372 e. The first-order chi connectivity index (χ1) is 10.8. The van der Waals surface area contributed by atoms with Crippen LogP contribution < -0.4 is 10.2 Å². The molecule has 0 bridgehead atoms. The summed E-state index contributed by atoms with van der Waals surface area (Å²) in [6, 6.07) is 9.02. The minimum atomic E-state index is -0.522. The van der Waals surface area contributed by atoms with Crippen LogP contribution in [0, 0.1) is 10.1 Å². The maximum Gasteiger partial charge on any atom is 0.294 e. The number of carbonyl (C=O) groups excluding carboxylic acids is 1. The minimum absolute atomic E-state index is 0.0876. The standard InChI is InChI=1S/C15H13Cl2N3O3/c1-19(2)13-8-12(11(17)7-14(13)20(22)23)18-15(21)9-3-5-10(16)6-4-9/h3-8H,1-2H3,(H,18,21). The zero-order valence-electron chi connectivity index (χ0n) is 12.3. The Hall–Kier alpha value is -2.31. The lowest BCUT2D eigenvalue weighted by Crippen LogP contribution is -2.15. The molecule has 23 heavy (non-hydrogen) atoms. The summed E-state index contributed by atoms with van der Waals surface area (Å²) in [4.78, 5) is 24.4. The van der Waals surface area contributed by atoms with Gasteiger partial charge in [0, 0.05) is 30.7 Å². The molecule has 6 nitrogen and oxygen atoms in total. The van der Waals surface area contributed by atoms with Crippen molar-refractivity contribution >= 4 is 46.2 Å². The lowest BCUT2D eigenvalue weighted by molar-refractivity contribution is -0.384. The number of rotatable bonds is 4. The molecule has 0 aromatic heterocycles. The predicted octanol–water partition coefficient (Wildman–Crippen LogP) is 4.22. The molecule has 1 amide bonds. The summed E-state index contributed by atoms with van der Waals surface area (Å²) in [6.07, 6.45) is 0. The number of nitro benzene ring substituents is 1. The molecule has 0 aliphatic heterocycles. The van der Waals surface area contributed by atoms with Gasteiger partial charge in [0.15, 0.2) is 0 Å². The summed E-state index contributed by atoms with van der Waals surface area (Å²) in [7, 11) is 3.34. The van der Waals surface area contributed by atoms with Gasteiger partial charge < -0.3 is 10.2 Å². The van der Waals surface area contributed by atoms with E-state index in [0.29, 0.717) is 22.0 Å². The van der Waals surface area contributed by atoms with Crippen LogP contribution >= 0.6 is 23.2 Å². The maximum atomic E-state index is 12.2. The number of halogens is 2. The van der Waals surface area contributed by atoms with E-state index in [4.69, 9.17) is 23.2 Å². The second kappa shape index (κ2) is 6.85. The van der Waals surface area contributed by atoms with Crippen molar-refractivity contribution in [3.63, 3.8) is 0 Å². The topological polar surface area (TPSA) is 75.5 Å². The molecule has 0 aliphatic carbocycles. The molecule has 0 spiro atoms. The number of nitro groups is 1. The van der Waals surface area contributed by atoms with Crippen LogP contribution in [0.1, 0.15) is 10.4 Å². The Morgan fingerprint density at radius 1 is 1.17 bits per heavy atom. The SMILES string of the molecule is CN(C)c1cc(NC(=O)c2ccc(Cl)cc2)c(Cl)cc1[N+](=O)[O-]. The van der Waals surface area contributed by atoms with Gasteiger partial charge in [-0.25, -0.2) is 0 Å². The summed E-state index contributed by atoms with van der Waals surface area (Å²) >= 11 is 11.8. The molecule has 0 saturated heterocycles. The van der Waals surface area contributed by atoms with E-state index in [0.717, 1.165) is 0 Å². The molecule has 1 N–H and O–H groups in total. The van der Waals surface area contributed by atoms with E-state index >= 15 is 0 Å². The van der Waals surface area contributed by atoms with Crippen LogP contribution in [-0.4, -0.2) is 24.9 Å². The number of benzene rings is 2. The summed E-state index contributed by atoms with van der Waals surface area (Å²) in [5.74, 6) is -0.387. The summed E-state index contributed by atoms with van der Waals surface area (Å²) in [5, 5.41) is 14.3. The average Bonchev–Trinajstić information content (AvgIpc) is 2.49. The maximum absolute atomic E-state index is 12.2. The molecule has 0 atom stereocenters. The van der Waals surface area contributed by atoms with Crippen LogP contribution in [0.4, 0.5) is 17.1 Å². The zero-order chi connectivity index (χ0) is 17.1. The monoisotopic (exact) mass is 353 g/mol. The highest BCUT2D eigenvalue weighted by molar-refractivity contribution is 6.34. The second-order valence-electron chi connectivity index (χ2n) is 4.93. The molecule has 8 heteroatoms. The molecular weight excluding hydrogens is 341 g/mol. The highest BCUT2D eigenvalue weighted by Gasteiger charge is 2.20. The van der Waals surface area contributed by atoms with Crippen LogP contribution in [0.15, 0.2) is 36.4 Å². The van der Waals surface area contributed by atoms with Gasteiger partial charge in [-0.1, -0.05) is 23.2 Å². The van der Waals surface area contributed by atoms with E-state index in [1.54, 1.807) is 43.3 Å². The van der Waals surface area contributed by atoms with Gasteiger partial charge in [-0.15, -0.1) is 0 Å². The Bertz CT molecular complexity index is 761. The van der Waals surface area contributed by atoms with Gasteiger partial charge in [-0.2, -0.15) is 0 Å². The molecule has 0 saturated carbocycles. The number of nitrogens with one attached hydrogen (secondary N) is 1. The van der Waals surface area contributed by atoms with E-state index in [1.165, 1.54) is 12.1 Å². The van der Waals surface area contributed by atoms with Crippen molar-refractivity contribution < 1.29 is 9.72 Å². The fourth-order valence-corrected chi connectivity index (χ4v) is 2.28. The Morgan fingerprint density at radius 2 is 1.78 bits per heavy atom. The molecule has 2 rings (SSSR count). The quantitative estimate of drug-likeness (QED) is 0.659. The Labute approximate surface area is 142 Å². The molecule has 0 aliphatic rings. The van der Waals surface area contributed by atoms with Crippen LogP contribution in [0.3, 0.4) is 0 Å². The Balaban J connectivity index is 2.36. The van der Waals surface area contributed by atoms with Gasteiger partial charge in [0.2, 0.25) is 0 Å². The number of carbonyl (C=O) groups is 1. The van der Waals surface area contributed by atoms with E-state index in [-0.39, 0.29) is 16.6 Å².